The van der Waals surface area contributed by atoms with Crippen LogP contribution in [-0.2, 0) is 6.61 Å². The number of carbonyl (C=O) groups is 1. The number of ether oxygens (including phenoxy) is 1. The number of nitrogens with zero attached hydrogens (tertiary/aromatic N) is 1. The van der Waals surface area contributed by atoms with Gasteiger partial charge in [0.05, 0.1) is 5.69 Å². The molecule has 2 aromatic heterocycles. The highest BCUT2D eigenvalue weighted by Gasteiger charge is 2.13. The summed E-state index contributed by atoms with van der Waals surface area (Å²) in [5, 5.41) is 9.64. The second-order valence-electron chi connectivity index (χ2n) is 4.20. The smallest absolute Gasteiger partial charge is 0.371 e. The lowest BCUT2D eigenvalue weighted by atomic mass is 10.2. The van der Waals surface area contributed by atoms with Crippen LogP contribution in [0.5, 0.6) is 5.75 Å². The normalized spacial score (nSPS) is 10.6. The van der Waals surface area contributed by atoms with E-state index >= 15 is 0 Å². The summed E-state index contributed by atoms with van der Waals surface area (Å²) in [5.41, 5.74) is 1.22. The molecule has 0 atom stereocenters. The van der Waals surface area contributed by atoms with E-state index in [0.29, 0.717) is 23.3 Å². The predicted octanol–water partition coefficient (Wildman–Crippen LogP) is 3.11. The molecule has 0 spiro atoms. The molecule has 0 aliphatic rings. The van der Waals surface area contributed by atoms with Crippen LogP contribution >= 0.6 is 0 Å². The molecule has 3 aromatic rings. The number of rotatable bonds is 4. The van der Waals surface area contributed by atoms with E-state index in [-0.39, 0.29) is 5.76 Å². The molecule has 0 aliphatic carbocycles. The average molecular weight is 269 g/mol. The number of carboxylic acids is 1. The van der Waals surface area contributed by atoms with E-state index in [1.807, 2.05) is 18.2 Å². The second kappa shape index (κ2) is 5.05. The lowest BCUT2D eigenvalue weighted by Gasteiger charge is -2.05. The zero-order valence-corrected chi connectivity index (χ0v) is 10.4. The van der Waals surface area contributed by atoms with Crippen LogP contribution in [0, 0.1) is 0 Å². The van der Waals surface area contributed by atoms with Crippen LogP contribution in [0.4, 0.5) is 0 Å². The Morgan fingerprint density at radius 1 is 1.25 bits per heavy atom. The Labute approximate surface area is 114 Å². The van der Waals surface area contributed by atoms with E-state index in [1.165, 1.54) is 6.07 Å². The third-order valence-corrected chi connectivity index (χ3v) is 2.82. The molecule has 2 heterocycles. The summed E-state index contributed by atoms with van der Waals surface area (Å²) >= 11 is 0. The fourth-order valence-electron chi connectivity index (χ4n) is 1.89. The van der Waals surface area contributed by atoms with Crippen molar-refractivity contribution in [2.45, 2.75) is 6.61 Å². The quantitative estimate of drug-likeness (QED) is 0.787. The molecule has 0 radical (unpaired) electrons. The summed E-state index contributed by atoms with van der Waals surface area (Å²) < 4.78 is 11.0. The fourth-order valence-corrected chi connectivity index (χ4v) is 1.89. The van der Waals surface area contributed by atoms with Gasteiger partial charge in [-0.25, -0.2) is 4.79 Å². The molecule has 0 amide bonds. The van der Waals surface area contributed by atoms with Gasteiger partial charge in [0.15, 0.2) is 11.3 Å². The first-order chi connectivity index (χ1) is 9.74. The average Bonchev–Trinajstić information content (AvgIpc) is 2.91. The fraction of sp³-hybridized carbons (Fsp3) is 0.0667. The highest BCUT2D eigenvalue weighted by atomic mass is 16.5. The molecule has 20 heavy (non-hydrogen) atoms. The lowest BCUT2D eigenvalue weighted by Crippen LogP contribution is -1.97. The van der Waals surface area contributed by atoms with E-state index in [4.69, 9.17) is 14.3 Å². The van der Waals surface area contributed by atoms with Crippen molar-refractivity contribution in [3.8, 4) is 5.75 Å². The van der Waals surface area contributed by atoms with Gasteiger partial charge in [0.2, 0.25) is 5.76 Å². The molecule has 0 fully saturated rings. The summed E-state index contributed by atoms with van der Waals surface area (Å²) in [6, 6.07) is 12.3. The van der Waals surface area contributed by atoms with Gasteiger partial charge >= 0.3 is 5.97 Å². The molecule has 0 unspecified atom stereocenters. The molecule has 5 heteroatoms. The Bertz CT molecular complexity index is 749. The molecule has 1 aromatic carbocycles. The number of pyridine rings is 1. The van der Waals surface area contributed by atoms with Crippen LogP contribution in [0.15, 0.2) is 53.1 Å². The second-order valence-corrected chi connectivity index (χ2v) is 4.20. The standard InChI is InChI=1S/C15H11NO4/c17-15(18)13-8-10-4-3-6-12(14(10)20-13)19-9-11-5-1-2-7-16-11/h1-8H,9H2,(H,17,18). The lowest BCUT2D eigenvalue weighted by molar-refractivity contribution is 0.0665. The molecular weight excluding hydrogens is 258 g/mol. The molecule has 100 valence electrons. The maximum absolute atomic E-state index is 10.9. The van der Waals surface area contributed by atoms with Gasteiger partial charge in [0, 0.05) is 11.6 Å². The molecule has 0 saturated carbocycles. The minimum absolute atomic E-state index is 0.103. The Balaban J connectivity index is 1.89. The number of hydrogen-bond acceptors (Lipinski definition) is 4. The monoisotopic (exact) mass is 269 g/mol. The first-order valence-corrected chi connectivity index (χ1v) is 6.02. The maximum Gasteiger partial charge on any atom is 0.371 e. The topological polar surface area (TPSA) is 72.6 Å². The Hall–Kier alpha value is -2.82. The Kier molecular flexibility index (Phi) is 3.09. The number of aromatic nitrogens is 1. The summed E-state index contributed by atoms with van der Waals surface area (Å²) in [6.45, 7) is 0.295. The predicted molar refractivity (Wildman–Crippen MR) is 71.7 cm³/mol. The van der Waals surface area contributed by atoms with Crippen LogP contribution < -0.4 is 4.74 Å². The van der Waals surface area contributed by atoms with Gasteiger partial charge in [-0.15, -0.1) is 0 Å². The van der Waals surface area contributed by atoms with Crippen molar-refractivity contribution in [1.29, 1.82) is 0 Å². The minimum Gasteiger partial charge on any atom is -0.483 e. The third-order valence-electron chi connectivity index (χ3n) is 2.82. The van der Waals surface area contributed by atoms with E-state index in [0.717, 1.165) is 5.69 Å². The zero-order valence-electron chi connectivity index (χ0n) is 10.4. The van der Waals surface area contributed by atoms with Gasteiger partial charge in [-0.05, 0) is 24.3 Å². The molecule has 0 bridgehead atoms. The first kappa shape index (κ1) is 12.2. The van der Waals surface area contributed by atoms with Gasteiger partial charge in [-0.3, -0.25) is 4.98 Å². The Morgan fingerprint density at radius 2 is 2.15 bits per heavy atom. The van der Waals surface area contributed by atoms with Crippen molar-refractivity contribution in [2.24, 2.45) is 0 Å². The zero-order chi connectivity index (χ0) is 13.9. The number of para-hydroxylation sites is 1. The first-order valence-electron chi connectivity index (χ1n) is 6.02. The number of benzene rings is 1. The molecule has 1 N–H and O–H groups in total. The van der Waals surface area contributed by atoms with Gasteiger partial charge in [-0.1, -0.05) is 18.2 Å². The van der Waals surface area contributed by atoms with E-state index in [9.17, 15) is 4.79 Å². The summed E-state index contributed by atoms with van der Waals surface area (Å²) in [5.74, 6) is -0.702. The van der Waals surface area contributed by atoms with Crippen molar-refractivity contribution < 1.29 is 19.1 Å². The van der Waals surface area contributed by atoms with Crippen molar-refractivity contribution >= 4 is 16.9 Å². The van der Waals surface area contributed by atoms with Gasteiger partial charge in [0.25, 0.3) is 0 Å². The van der Waals surface area contributed by atoms with Gasteiger partial charge in [-0.2, -0.15) is 0 Å². The molecular formula is C15H11NO4. The molecule has 3 rings (SSSR count). The summed E-state index contributed by atoms with van der Waals surface area (Å²) in [7, 11) is 0. The van der Waals surface area contributed by atoms with Crippen molar-refractivity contribution in [2.75, 3.05) is 0 Å². The van der Waals surface area contributed by atoms with Crippen molar-refractivity contribution in [1.82, 2.24) is 4.98 Å². The van der Waals surface area contributed by atoms with Crippen LogP contribution in [-0.4, -0.2) is 16.1 Å². The van der Waals surface area contributed by atoms with Gasteiger partial charge < -0.3 is 14.3 Å². The van der Waals surface area contributed by atoms with Crippen LogP contribution in [0.2, 0.25) is 0 Å². The molecule has 0 saturated heterocycles. The third kappa shape index (κ3) is 2.33. The number of aromatic carboxylic acids is 1. The SMILES string of the molecule is O=C(O)c1cc2cccc(OCc3ccccn3)c2o1. The number of hydrogen-bond donors (Lipinski definition) is 1. The maximum atomic E-state index is 10.9. The van der Waals surface area contributed by atoms with E-state index in [1.54, 1.807) is 24.4 Å². The van der Waals surface area contributed by atoms with E-state index in [2.05, 4.69) is 4.98 Å². The summed E-state index contributed by atoms with van der Waals surface area (Å²) in [6.07, 6.45) is 1.69. The largest absolute Gasteiger partial charge is 0.483 e. The highest BCUT2D eigenvalue weighted by molar-refractivity contribution is 5.93. The van der Waals surface area contributed by atoms with Crippen molar-refractivity contribution in [3.05, 3.63) is 60.1 Å². The Morgan fingerprint density at radius 3 is 2.90 bits per heavy atom. The number of furan rings is 1. The highest BCUT2D eigenvalue weighted by Crippen LogP contribution is 2.29. The summed E-state index contributed by atoms with van der Waals surface area (Å²) in [4.78, 5) is 15.1. The molecule has 0 aliphatic heterocycles. The van der Waals surface area contributed by atoms with Crippen LogP contribution in [0.1, 0.15) is 16.2 Å². The number of carboxylic acid groups (broad SMARTS) is 1. The van der Waals surface area contributed by atoms with Crippen LogP contribution in [0.3, 0.4) is 0 Å². The molecule has 5 nitrogen and oxygen atoms in total. The van der Waals surface area contributed by atoms with Crippen molar-refractivity contribution in [3.63, 3.8) is 0 Å². The van der Waals surface area contributed by atoms with E-state index < -0.39 is 5.97 Å². The van der Waals surface area contributed by atoms with Crippen LogP contribution in [0.25, 0.3) is 11.0 Å². The minimum atomic E-state index is -1.10. The van der Waals surface area contributed by atoms with Gasteiger partial charge in [0.1, 0.15) is 6.61 Å². The number of fused-ring (bicyclic) bond motifs is 1.